The summed E-state index contributed by atoms with van der Waals surface area (Å²) >= 11 is 5.89. The third-order valence-electron chi connectivity index (χ3n) is 3.47. The summed E-state index contributed by atoms with van der Waals surface area (Å²) in [5.74, 6) is 0. The Morgan fingerprint density at radius 3 is 2.70 bits per heavy atom. The van der Waals surface area contributed by atoms with Crippen molar-refractivity contribution in [3.05, 3.63) is 53.6 Å². The maximum atomic E-state index is 5.89. The second-order valence-electron chi connectivity index (χ2n) is 5.09. The van der Waals surface area contributed by atoms with Gasteiger partial charge in [-0.05, 0) is 44.0 Å². The molecule has 2 rings (SSSR count). The second-order valence-corrected chi connectivity index (χ2v) is 5.52. The van der Waals surface area contributed by atoms with Gasteiger partial charge < -0.3 is 9.88 Å². The van der Waals surface area contributed by atoms with E-state index in [1.54, 1.807) is 0 Å². The van der Waals surface area contributed by atoms with Gasteiger partial charge in [-0.15, -0.1) is 0 Å². The minimum atomic E-state index is 0.376. The van der Waals surface area contributed by atoms with E-state index < -0.39 is 0 Å². The van der Waals surface area contributed by atoms with Gasteiger partial charge in [0.25, 0.3) is 0 Å². The van der Waals surface area contributed by atoms with E-state index >= 15 is 0 Å². The summed E-state index contributed by atoms with van der Waals surface area (Å²) in [6, 6.07) is 8.43. The number of nitrogens with zero attached hydrogens (tertiary/aromatic N) is 2. The number of rotatable bonds is 8. The summed E-state index contributed by atoms with van der Waals surface area (Å²) in [5.41, 5.74) is 1.29. The Balaban J connectivity index is 1.57. The highest BCUT2D eigenvalue weighted by Crippen LogP contribution is 2.15. The van der Waals surface area contributed by atoms with E-state index in [1.165, 1.54) is 24.8 Å². The van der Waals surface area contributed by atoms with Gasteiger partial charge in [0.15, 0.2) is 0 Å². The van der Waals surface area contributed by atoms with Crippen molar-refractivity contribution in [1.29, 1.82) is 0 Å². The molecule has 0 aliphatic carbocycles. The fraction of sp³-hybridized carbons (Fsp3) is 0.438. The van der Waals surface area contributed by atoms with Gasteiger partial charge in [0.05, 0.1) is 6.33 Å². The van der Waals surface area contributed by atoms with Crippen LogP contribution in [-0.2, 0) is 6.54 Å². The van der Waals surface area contributed by atoms with Gasteiger partial charge >= 0.3 is 0 Å². The van der Waals surface area contributed by atoms with Crippen molar-refractivity contribution in [2.75, 3.05) is 6.54 Å². The van der Waals surface area contributed by atoms with Crippen LogP contribution in [0.1, 0.15) is 37.8 Å². The van der Waals surface area contributed by atoms with Crippen LogP contribution in [0.15, 0.2) is 43.0 Å². The molecule has 0 bridgehead atoms. The van der Waals surface area contributed by atoms with Gasteiger partial charge in [-0.25, -0.2) is 4.98 Å². The number of unbranched alkanes of at least 4 members (excludes halogenated alkanes) is 2. The zero-order chi connectivity index (χ0) is 14.2. The van der Waals surface area contributed by atoms with Crippen molar-refractivity contribution in [3.8, 4) is 0 Å². The lowest BCUT2D eigenvalue weighted by Crippen LogP contribution is -2.19. The molecule has 1 heterocycles. The number of aryl methyl sites for hydroxylation is 1. The van der Waals surface area contributed by atoms with E-state index in [2.05, 4.69) is 33.9 Å². The van der Waals surface area contributed by atoms with Gasteiger partial charge in [-0.3, -0.25) is 0 Å². The Morgan fingerprint density at radius 2 is 2.00 bits per heavy atom. The van der Waals surface area contributed by atoms with E-state index in [0.29, 0.717) is 6.04 Å². The molecule has 1 unspecified atom stereocenters. The minimum absolute atomic E-state index is 0.376. The molecule has 1 N–H and O–H groups in total. The monoisotopic (exact) mass is 291 g/mol. The molecule has 2 aromatic rings. The molecule has 0 aliphatic rings. The third-order valence-corrected chi connectivity index (χ3v) is 3.72. The highest BCUT2D eigenvalue weighted by atomic mass is 35.5. The SMILES string of the molecule is CC(NCCCCCn1ccnc1)c1ccc(Cl)cc1. The summed E-state index contributed by atoms with van der Waals surface area (Å²) in [4.78, 5) is 4.04. The molecule has 0 radical (unpaired) electrons. The Morgan fingerprint density at radius 1 is 1.20 bits per heavy atom. The molecule has 0 aliphatic heterocycles. The zero-order valence-electron chi connectivity index (χ0n) is 11.9. The lowest BCUT2D eigenvalue weighted by Gasteiger charge is -2.14. The molecule has 0 saturated carbocycles. The summed E-state index contributed by atoms with van der Waals surface area (Å²) in [6.45, 7) is 4.30. The highest BCUT2D eigenvalue weighted by molar-refractivity contribution is 6.30. The minimum Gasteiger partial charge on any atom is -0.337 e. The number of benzene rings is 1. The molecule has 0 fully saturated rings. The van der Waals surface area contributed by atoms with Crippen LogP contribution in [-0.4, -0.2) is 16.1 Å². The molecule has 4 heteroatoms. The van der Waals surface area contributed by atoms with Crippen molar-refractivity contribution in [2.45, 2.75) is 38.8 Å². The van der Waals surface area contributed by atoms with Crippen LogP contribution in [0.25, 0.3) is 0 Å². The molecule has 108 valence electrons. The van der Waals surface area contributed by atoms with Crippen LogP contribution in [0.5, 0.6) is 0 Å². The highest BCUT2D eigenvalue weighted by Gasteiger charge is 2.03. The largest absolute Gasteiger partial charge is 0.337 e. The van der Waals surface area contributed by atoms with E-state index in [0.717, 1.165) is 18.1 Å². The number of hydrogen-bond acceptors (Lipinski definition) is 2. The van der Waals surface area contributed by atoms with Gasteiger partial charge in [0.2, 0.25) is 0 Å². The van der Waals surface area contributed by atoms with Crippen molar-refractivity contribution >= 4 is 11.6 Å². The molecule has 1 atom stereocenters. The van der Waals surface area contributed by atoms with Crippen molar-refractivity contribution < 1.29 is 0 Å². The van der Waals surface area contributed by atoms with Gasteiger partial charge in [-0.1, -0.05) is 30.2 Å². The second kappa shape index (κ2) is 8.08. The molecule has 0 saturated heterocycles. The van der Waals surface area contributed by atoms with Gasteiger partial charge in [-0.2, -0.15) is 0 Å². The number of halogens is 1. The first-order valence-corrected chi connectivity index (χ1v) is 7.58. The maximum absolute atomic E-state index is 5.89. The molecule has 3 nitrogen and oxygen atoms in total. The van der Waals surface area contributed by atoms with Crippen LogP contribution in [0.4, 0.5) is 0 Å². The van der Waals surface area contributed by atoms with Crippen molar-refractivity contribution in [3.63, 3.8) is 0 Å². The fourth-order valence-corrected chi connectivity index (χ4v) is 2.33. The average molecular weight is 292 g/mol. The van der Waals surface area contributed by atoms with E-state index in [-0.39, 0.29) is 0 Å². The van der Waals surface area contributed by atoms with Crippen molar-refractivity contribution in [1.82, 2.24) is 14.9 Å². The quantitative estimate of drug-likeness (QED) is 0.743. The zero-order valence-corrected chi connectivity index (χ0v) is 12.7. The lowest BCUT2D eigenvalue weighted by atomic mass is 10.1. The number of aromatic nitrogens is 2. The van der Waals surface area contributed by atoms with Crippen LogP contribution < -0.4 is 5.32 Å². The van der Waals surface area contributed by atoms with E-state index in [4.69, 9.17) is 11.6 Å². The predicted molar refractivity (Wildman–Crippen MR) is 83.9 cm³/mol. The lowest BCUT2D eigenvalue weighted by molar-refractivity contribution is 0.521. The molecular weight excluding hydrogens is 270 g/mol. The van der Waals surface area contributed by atoms with Crippen LogP contribution in [0.2, 0.25) is 5.02 Å². The Kier molecular flexibility index (Phi) is 6.09. The smallest absolute Gasteiger partial charge is 0.0945 e. The third kappa shape index (κ3) is 4.99. The number of hydrogen-bond donors (Lipinski definition) is 1. The Hall–Kier alpha value is -1.32. The van der Waals surface area contributed by atoms with E-state index in [1.807, 2.05) is 30.9 Å². The number of imidazole rings is 1. The molecule has 0 spiro atoms. The van der Waals surface area contributed by atoms with Crippen LogP contribution in [0.3, 0.4) is 0 Å². The maximum Gasteiger partial charge on any atom is 0.0945 e. The molecule has 20 heavy (non-hydrogen) atoms. The molecule has 1 aromatic carbocycles. The normalized spacial score (nSPS) is 12.5. The topological polar surface area (TPSA) is 29.9 Å². The van der Waals surface area contributed by atoms with Gasteiger partial charge in [0, 0.05) is 30.0 Å². The summed E-state index contributed by atoms with van der Waals surface area (Å²) in [6.07, 6.45) is 9.36. The Bertz CT molecular complexity index is 479. The Labute approximate surface area is 126 Å². The standard InChI is InChI=1S/C16H22ClN3/c1-14(15-5-7-16(17)8-6-15)19-9-3-2-4-11-20-12-10-18-13-20/h5-8,10,12-14,19H,2-4,9,11H2,1H3. The van der Waals surface area contributed by atoms with Gasteiger partial charge in [0.1, 0.15) is 0 Å². The first kappa shape index (κ1) is 15.1. The van der Waals surface area contributed by atoms with Crippen LogP contribution >= 0.6 is 11.6 Å². The van der Waals surface area contributed by atoms with Crippen molar-refractivity contribution in [2.24, 2.45) is 0 Å². The number of nitrogens with one attached hydrogen (secondary N) is 1. The first-order valence-electron chi connectivity index (χ1n) is 7.20. The summed E-state index contributed by atoms with van der Waals surface area (Å²) in [5, 5.41) is 4.34. The fourth-order valence-electron chi connectivity index (χ4n) is 2.20. The summed E-state index contributed by atoms with van der Waals surface area (Å²) < 4.78 is 2.13. The van der Waals surface area contributed by atoms with E-state index in [9.17, 15) is 0 Å². The summed E-state index contributed by atoms with van der Waals surface area (Å²) in [7, 11) is 0. The molecular formula is C16H22ClN3. The van der Waals surface area contributed by atoms with Crippen LogP contribution in [0, 0.1) is 0 Å². The predicted octanol–water partition coefficient (Wildman–Crippen LogP) is 4.06. The average Bonchev–Trinajstić information content (AvgIpc) is 2.96. The molecule has 0 amide bonds. The first-order chi connectivity index (χ1) is 9.75. The molecule has 1 aromatic heterocycles.